The number of hydrogen-bond donors (Lipinski definition) is 4. The SMILES string of the molecule is CCOc1cc2cc(c1)C(=O)Nc1cccc(n1)NC(=O)COc1ccc3ccccc3c1-c1c(ccc3ccccc13)OCC(=O)Nc1cccc(n1)NC2=O. The lowest BCUT2D eigenvalue weighted by molar-refractivity contribution is -0.118. The van der Waals surface area contributed by atoms with Crippen LogP contribution < -0.4 is 35.5 Å². The predicted octanol–water partition coefficient (Wildman–Crippen LogP) is 7.70. The summed E-state index contributed by atoms with van der Waals surface area (Å²) in [5.41, 5.74) is 1.58. The average molecular weight is 759 g/mol. The minimum Gasteiger partial charge on any atom is -0.494 e. The predicted molar refractivity (Wildman–Crippen MR) is 217 cm³/mol. The maximum Gasteiger partial charge on any atom is 0.263 e. The van der Waals surface area contributed by atoms with Crippen LogP contribution in [0.25, 0.3) is 32.7 Å². The lowest BCUT2D eigenvalue weighted by atomic mass is 9.92. The molecule has 8 rings (SSSR count). The van der Waals surface area contributed by atoms with Crippen molar-refractivity contribution in [3.63, 3.8) is 0 Å². The molecule has 0 aliphatic carbocycles. The molecule has 3 heterocycles. The third kappa shape index (κ3) is 8.03. The summed E-state index contributed by atoms with van der Waals surface area (Å²) in [6, 6.07) is 37.0. The molecule has 57 heavy (non-hydrogen) atoms. The van der Waals surface area contributed by atoms with Crippen LogP contribution in [0.15, 0.2) is 127 Å². The first-order valence-corrected chi connectivity index (χ1v) is 18.0. The number of anilines is 4. The van der Waals surface area contributed by atoms with E-state index in [1.165, 1.54) is 18.2 Å². The molecule has 13 nitrogen and oxygen atoms in total. The van der Waals surface area contributed by atoms with Crippen LogP contribution in [0.1, 0.15) is 27.6 Å². The minimum absolute atomic E-state index is 0.121. The zero-order chi connectivity index (χ0) is 39.3. The molecule has 7 aromatic rings. The van der Waals surface area contributed by atoms with Crippen LogP contribution in [-0.2, 0) is 9.59 Å². The van der Waals surface area contributed by atoms with Crippen molar-refractivity contribution in [2.45, 2.75) is 6.92 Å². The Morgan fingerprint density at radius 1 is 0.526 bits per heavy atom. The molecule has 1 aliphatic rings. The Labute approximate surface area is 326 Å². The first kappa shape index (κ1) is 36.2. The number of rotatable bonds is 2. The Morgan fingerprint density at radius 3 is 1.42 bits per heavy atom. The zero-order valence-corrected chi connectivity index (χ0v) is 30.5. The highest BCUT2D eigenvalue weighted by molar-refractivity contribution is 6.11. The molecule has 6 bridgehead atoms. The standard InChI is InChI=1S/C44H34N6O7/c1-2-55-30-22-28-21-29(23-30)44(54)50-38-16-8-14-36(46-38)48-40(52)25-57-34-20-18-27-10-4-6-12-32(27)42(34)41-31-11-5-3-9-26(31)17-19-33(41)56-24-39(51)47-35-13-7-15-37(45-35)49-43(28)53/h3-23H,2,24-25H2,1H3,(H2,45,47,49,51,53)(H2,46,48,50,52,54). The molecule has 5 aromatic carbocycles. The highest BCUT2D eigenvalue weighted by atomic mass is 16.5. The van der Waals surface area contributed by atoms with Crippen molar-refractivity contribution in [3.05, 3.63) is 139 Å². The number of benzene rings is 5. The van der Waals surface area contributed by atoms with Crippen LogP contribution in [0.3, 0.4) is 0 Å². The van der Waals surface area contributed by atoms with Gasteiger partial charge >= 0.3 is 0 Å². The Bertz CT molecular complexity index is 2540. The van der Waals surface area contributed by atoms with Gasteiger partial charge in [0.25, 0.3) is 23.6 Å². The molecule has 0 saturated heterocycles. The number of pyridine rings is 2. The summed E-state index contributed by atoms with van der Waals surface area (Å²) in [6.07, 6.45) is 0. The van der Waals surface area contributed by atoms with Gasteiger partial charge < -0.3 is 35.5 Å². The number of nitrogens with one attached hydrogen (secondary N) is 4. The summed E-state index contributed by atoms with van der Waals surface area (Å²) >= 11 is 0. The van der Waals surface area contributed by atoms with Crippen molar-refractivity contribution in [2.24, 2.45) is 0 Å². The van der Waals surface area contributed by atoms with Gasteiger partial charge in [-0.1, -0.05) is 72.8 Å². The van der Waals surface area contributed by atoms with Gasteiger partial charge in [0.2, 0.25) is 0 Å². The molecule has 2 aromatic heterocycles. The van der Waals surface area contributed by atoms with Gasteiger partial charge in [-0.2, -0.15) is 0 Å². The maximum atomic E-state index is 13.5. The fourth-order valence-electron chi connectivity index (χ4n) is 6.54. The van der Waals surface area contributed by atoms with Crippen molar-refractivity contribution in [2.75, 3.05) is 41.1 Å². The maximum absolute atomic E-state index is 13.5. The highest BCUT2D eigenvalue weighted by Gasteiger charge is 2.21. The number of ether oxygens (including phenoxy) is 3. The highest BCUT2D eigenvalue weighted by Crippen LogP contribution is 2.45. The fraction of sp³-hybridized carbons (Fsp3) is 0.0909. The number of fused-ring (bicyclic) bond motifs is 13. The van der Waals surface area contributed by atoms with Gasteiger partial charge in [-0.3, -0.25) is 19.2 Å². The van der Waals surface area contributed by atoms with E-state index in [-0.39, 0.29) is 54.2 Å². The smallest absolute Gasteiger partial charge is 0.263 e. The van der Waals surface area contributed by atoms with Gasteiger partial charge in [0.15, 0.2) is 13.2 Å². The number of hydrogen-bond acceptors (Lipinski definition) is 9. The van der Waals surface area contributed by atoms with Crippen LogP contribution in [-0.4, -0.2) is 53.4 Å². The normalized spacial score (nSPS) is 13.6. The van der Waals surface area contributed by atoms with Crippen LogP contribution in [0.5, 0.6) is 17.2 Å². The van der Waals surface area contributed by atoms with E-state index >= 15 is 0 Å². The van der Waals surface area contributed by atoms with Gasteiger partial charge in [-0.25, -0.2) is 9.97 Å². The topological polar surface area (TPSA) is 170 Å². The summed E-state index contributed by atoms with van der Waals surface area (Å²) in [4.78, 5) is 62.6. The Kier molecular flexibility index (Phi) is 10.1. The first-order chi connectivity index (χ1) is 27.8. The summed E-state index contributed by atoms with van der Waals surface area (Å²) in [7, 11) is 0. The number of carbonyl (C=O) groups is 4. The second kappa shape index (κ2) is 15.9. The number of aromatic nitrogens is 2. The van der Waals surface area contributed by atoms with E-state index in [2.05, 4.69) is 31.2 Å². The Morgan fingerprint density at radius 2 is 0.965 bits per heavy atom. The molecular weight excluding hydrogens is 725 g/mol. The lowest BCUT2D eigenvalue weighted by Gasteiger charge is -2.19. The molecular formula is C44H34N6O7. The summed E-state index contributed by atoms with van der Waals surface area (Å²) < 4.78 is 18.2. The second-order valence-electron chi connectivity index (χ2n) is 12.9. The van der Waals surface area contributed by atoms with Crippen molar-refractivity contribution in [3.8, 4) is 28.4 Å². The minimum atomic E-state index is -0.572. The largest absolute Gasteiger partial charge is 0.494 e. The van der Waals surface area contributed by atoms with Crippen LogP contribution in [0.4, 0.5) is 23.3 Å². The van der Waals surface area contributed by atoms with Gasteiger partial charge in [-0.15, -0.1) is 0 Å². The third-order valence-electron chi connectivity index (χ3n) is 9.01. The van der Waals surface area contributed by atoms with E-state index in [1.807, 2.05) is 60.7 Å². The number of carbonyl (C=O) groups excluding carboxylic acids is 4. The zero-order valence-electron chi connectivity index (χ0n) is 30.5. The second-order valence-corrected chi connectivity index (χ2v) is 12.9. The lowest BCUT2D eigenvalue weighted by Crippen LogP contribution is -2.22. The van der Waals surface area contributed by atoms with Gasteiger partial charge in [0, 0.05) is 22.3 Å². The molecule has 0 fully saturated rings. The van der Waals surface area contributed by atoms with E-state index < -0.39 is 23.6 Å². The molecule has 0 atom stereocenters. The van der Waals surface area contributed by atoms with Crippen molar-refractivity contribution in [1.29, 1.82) is 0 Å². The molecule has 0 radical (unpaired) electrons. The molecule has 282 valence electrons. The molecule has 4 N–H and O–H groups in total. The molecule has 1 aliphatic heterocycles. The van der Waals surface area contributed by atoms with E-state index in [1.54, 1.807) is 55.5 Å². The van der Waals surface area contributed by atoms with Crippen LogP contribution in [0.2, 0.25) is 0 Å². The third-order valence-corrected chi connectivity index (χ3v) is 9.01. The monoisotopic (exact) mass is 758 g/mol. The van der Waals surface area contributed by atoms with E-state index in [0.717, 1.165) is 21.5 Å². The fourth-order valence-corrected chi connectivity index (χ4v) is 6.54. The number of nitrogens with zero attached hydrogens (tertiary/aromatic N) is 2. The van der Waals surface area contributed by atoms with E-state index in [0.29, 0.717) is 28.4 Å². The molecule has 0 spiro atoms. The Hall–Kier alpha value is -7.80. The van der Waals surface area contributed by atoms with Gasteiger partial charge in [-0.05, 0) is 83.1 Å². The van der Waals surface area contributed by atoms with Crippen molar-refractivity contribution >= 4 is 68.4 Å². The van der Waals surface area contributed by atoms with Gasteiger partial charge in [0.05, 0.1) is 6.61 Å². The summed E-state index contributed by atoms with van der Waals surface area (Å²) in [5.74, 6) is -0.387. The molecule has 13 heteroatoms. The average Bonchev–Trinajstić information content (AvgIpc) is 3.22. The van der Waals surface area contributed by atoms with Crippen LogP contribution in [0, 0.1) is 0 Å². The molecule has 4 amide bonds. The van der Waals surface area contributed by atoms with E-state index in [9.17, 15) is 19.2 Å². The van der Waals surface area contributed by atoms with E-state index in [4.69, 9.17) is 14.2 Å². The quantitative estimate of drug-likeness (QED) is 0.138. The number of amides is 4. The first-order valence-electron chi connectivity index (χ1n) is 18.0. The molecule has 0 saturated carbocycles. The summed E-state index contributed by atoms with van der Waals surface area (Å²) in [6.45, 7) is 1.31. The summed E-state index contributed by atoms with van der Waals surface area (Å²) in [5, 5.41) is 14.5. The Balaban J connectivity index is 1.20. The molecule has 0 unspecified atom stereocenters. The van der Waals surface area contributed by atoms with Gasteiger partial charge in [0.1, 0.15) is 40.5 Å². The van der Waals surface area contributed by atoms with Crippen molar-refractivity contribution < 1.29 is 33.4 Å². The van der Waals surface area contributed by atoms with Crippen molar-refractivity contribution in [1.82, 2.24) is 9.97 Å². The van der Waals surface area contributed by atoms with Crippen LogP contribution >= 0.6 is 0 Å².